The summed E-state index contributed by atoms with van der Waals surface area (Å²) in [6.45, 7) is 1.53. The van der Waals surface area contributed by atoms with Gasteiger partial charge < -0.3 is 32.5 Å². The number of amides is 3. The van der Waals surface area contributed by atoms with Gasteiger partial charge in [-0.15, -0.1) is 0 Å². The number of carboxylic acids is 1. The molecule has 8 N–H and O–H groups in total. The van der Waals surface area contributed by atoms with Crippen molar-refractivity contribution in [1.82, 2.24) is 16.0 Å². The number of carbonyl (C=O) groups excluding carboxylic acids is 3. The molecule has 0 aliphatic carbocycles. The molecule has 3 amide bonds. The van der Waals surface area contributed by atoms with Crippen molar-refractivity contribution in [1.29, 1.82) is 0 Å². The standard InChI is InChI=1S/C16H31N5O5S/c1-10(16(25)26)19-14(23)11(5-3-4-7-17)21-15(24)12(6-8-27-2)20-13(22)9-18/h10-12H,3-9,17-18H2,1-2H3,(H,19,23)(H,20,22)(H,21,24)(H,25,26). The van der Waals surface area contributed by atoms with Gasteiger partial charge in [-0.3, -0.25) is 19.2 Å². The summed E-state index contributed by atoms with van der Waals surface area (Å²) in [4.78, 5) is 47.4. The molecule has 0 aliphatic rings. The van der Waals surface area contributed by atoms with E-state index >= 15 is 0 Å². The van der Waals surface area contributed by atoms with Crippen molar-refractivity contribution in [3.63, 3.8) is 0 Å². The Kier molecular flexibility index (Phi) is 13.3. The van der Waals surface area contributed by atoms with E-state index in [2.05, 4.69) is 16.0 Å². The van der Waals surface area contributed by atoms with E-state index in [1.807, 2.05) is 6.26 Å². The van der Waals surface area contributed by atoms with E-state index in [0.29, 0.717) is 38.0 Å². The summed E-state index contributed by atoms with van der Waals surface area (Å²) in [5.41, 5.74) is 10.7. The SMILES string of the molecule is CSCCC(NC(=O)CN)C(=O)NC(CCCCN)C(=O)NC(C)C(=O)O. The predicted molar refractivity (Wildman–Crippen MR) is 104 cm³/mol. The molecule has 0 aromatic carbocycles. The lowest BCUT2D eigenvalue weighted by Gasteiger charge is -2.23. The minimum absolute atomic E-state index is 0.250. The molecule has 0 aromatic heterocycles. The third-order valence-electron chi connectivity index (χ3n) is 3.76. The van der Waals surface area contributed by atoms with E-state index in [-0.39, 0.29) is 6.54 Å². The second-order valence-electron chi connectivity index (χ2n) is 6.02. The van der Waals surface area contributed by atoms with Crippen LogP contribution in [0.2, 0.25) is 0 Å². The van der Waals surface area contributed by atoms with Crippen LogP contribution in [-0.4, -0.2) is 72.0 Å². The summed E-state index contributed by atoms with van der Waals surface area (Å²) in [7, 11) is 0. The van der Waals surface area contributed by atoms with Crippen LogP contribution in [0.1, 0.15) is 32.6 Å². The summed E-state index contributed by atoms with van der Waals surface area (Å²) in [5.74, 6) is -2.13. The molecule has 0 saturated heterocycles. The van der Waals surface area contributed by atoms with E-state index in [0.717, 1.165) is 0 Å². The summed E-state index contributed by atoms with van der Waals surface area (Å²) in [6.07, 6.45) is 3.80. The number of rotatable bonds is 14. The number of unbranched alkanes of at least 4 members (excludes halogenated alkanes) is 1. The van der Waals surface area contributed by atoms with Gasteiger partial charge in [-0.2, -0.15) is 11.8 Å². The highest BCUT2D eigenvalue weighted by Crippen LogP contribution is 2.05. The molecule has 10 nitrogen and oxygen atoms in total. The van der Waals surface area contributed by atoms with Crippen molar-refractivity contribution in [2.75, 3.05) is 25.1 Å². The molecule has 0 aliphatic heterocycles. The number of carboxylic acid groups (broad SMARTS) is 1. The van der Waals surface area contributed by atoms with Crippen molar-refractivity contribution in [2.24, 2.45) is 11.5 Å². The minimum Gasteiger partial charge on any atom is -0.480 e. The van der Waals surface area contributed by atoms with Gasteiger partial charge in [-0.05, 0) is 51.2 Å². The lowest BCUT2D eigenvalue weighted by molar-refractivity contribution is -0.141. The number of hydrogen-bond acceptors (Lipinski definition) is 7. The van der Waals surface area contributed by atoms with Crippen LogP contribution in [-0.2, 0) is 19.2 Å². The van der Waals surface area contributed by atoms with Gasteiger partial charge in [0.1, 0.15) is 18.1 Å². The van der Waals surface area contributed by atoms with E-state index in [1.54, 1.807) is 0 Å². The molecule has 156 valence electrons. The highest BCUT2D eigenvalue weighted by molar-refractivity contribution is 7.98. The van der Waals surface area contributed by atoms with Crippen molar-refractivity contribution in [2.45, 2.75) is 50.7 Å². The number of nitrogens with one attached hydrogen (secondary N) is 3. The Labute approximate surface area is 163 Å². The first kappa shape index (κ1) is 25.1. The van der Waals surface area contributed by atoms with Crippen molar-refractivity contribution in [3.8, 4) is 0 Å². The van der Waals surface area contributed by atoms with Gasteiger partial charge in [0, 0.05) is 0 Å². The van der Waals surface area contributed by atoms with Gasteiger partial charge in [0.15, 0.2) is 0 Å². The van der Waals surface area contributed by atoms with Crippen molar-refractivity contribution < 1.29 is 24.3 Å². The van der Waals surface area contributed by atoms with Crippen LogP contribution >= 0.6 is 11.8 Å². The number of thioether (sulfide) groups is 1. The number of carbonyl (C=O) groups is 4. The van der Waals surface area contributed by atoms with Crippen LogP contribution in [0.15, 0.2) is 0 Å². The van der Waals surface area contributed by atoms with Crippen LogP contribution in [0, 0.1) is 0 Å². The largest absolute Gasteiger partial charge is 0.480 e. The fourth-order valence-electron chi connectivity index (χ4n) is 2.17. The maximum absolute atomic E-state index is 12.6. The third kappa shape index (κ3) is 10.8. The van der Waals surface area contributed by atoms with Crippen LogP contribution in [0.25, 0.3) is 0 Å². The lowest BCUT2D eigenvalue weighted by Crippen LogP contribution is -2.56. The summed E-state index contributed by atoms with van der Waals surface area (Å²) >= 11 is 1.51. The lowest BCUT2D eigenvalue weighted by atomic mass is 10.1. The summed E-state index contributed by atoms with van der Waals surface area (Å²) in [5, 5.41) is 16.4. The molecular formula is C16H31N5O5S. The van der Waals surface area contributed by atoms with Crippen molar-refractivity contribution >= 4 is 35.5 Å². The van der Waals surface area contributed by atoms with Gasteiger partial charge in [-0.25, -0.2) is 0 Å². The third-order valence-corrected chi connectivity index (χ3v) is 4.40. The fraction of sp³-hybridized carbons (Fsp3) is 0.750. The fourth-order valence-corrected chi connectivity index (χ4v) is 2.64. The van der Waals surface area contributed by atoms with Crippen LogP contribution in [0.5, 0.6) is 0 Å². The van der Waals surface area contributed by atoms with Gasteiger partial charge in [-0.1, -0.05) is 0 Å². The average Bonchev–Trinajstić information content (AvgIpc) is 2.63. The molecular weight excluding hydrogens is 374 g/mol. The van der Waals surface area contributed by atoms with Crippen LogP contribution < -0.4 is 27.4 Å². The summed E-state index contributed by atoms with van der Waals surface area (Å²) in [6, 6.07) is -2.83. The Morgan fingerprint density at radius 2 is 1.56 bits per heavy atom. The van der Waals surface area contributed by atoms with E-state index in [9.17, 15) is 19.2 Å². The number of hydrogen-bond donors (Lipinski definition) is 6. The molecule has 0 radical (unpaired) electrons. The average molecular weight is 406 g/mol. The highest BCUT2D eigenvalue weighted by atomic mass is 32.2. The molecule has 0 spiro atoms. The molecule has 27 heavy (non-hydrogen) atoms. The normalized spacial score (nSPS) is 13.9. The highest BCUT2D eigenvalue weighted by Gasteiger charge is 2.27. The quantitative estimate of drug-likeness (QED) is 0.187. The first-order chi connectivity index (χ1) is 12.8. The number of aliphatic carboxylic acids is 1. The first-order valence-electron chi connectivity index (χ1n) is 8.78. The van der Waals surface area contributed by atoms with Gasteiger partial charge in [0.25, 0.3) is 0 Å². The van der Waals surface area contributed by atoms with Gasteiger partial charge in [0.05, 0.1) is 6.54 Å². The van der Waals surface area contributed by atoms with E-state index < -0.39 is 41.8 Å². The number of nitrogens with two attached hydrogens (primary N) is 2. The second-order valence-corrected chi connectivity index (χ2v) is 7.01. The Hall–Kier alpha value is -1.85. The Morgan fingerprint density at radius 1 is 0.963 bits per heavy atom. The molecule has 0 fully saturated rings. The zero-order chi connectivity index (χ0) is 20.8. The smallest absolute Gasteiger partial charge is 0.325 e. The molecule has 3 unspecified atom stereocenters. The van der Waals surface area contributed by atoms with Gasteiger partial charge in [0.2, 0.25) is 17.7 Å². The maximum atomic E-state index is 12.6. The van der Waals surface area contributed by atoms with Gasteiger partial charge >= 0.3 is 5.97 Å². The molecule has 0 heterocycles. The molecule has 0 bridgehead atoms. The zero-order valence-corrected chi connectivity index (χ0v) is 16.6. The van der Waals surface area contributed by atoms with E-state index in [1.165, 1.54) is 18.7 Å². The molecule has 0 rings (SSSR count). The Balaban J connectivity index is 5.09. The summed E-state index contributed by atoms with van der Waals surface area (Å²) < 4.78 is 0. The Morgan fingerprint density at radius 3 is 2.07 bits per heavy atom. The second kappa shape index (κ2) is 14.2. The molecule has 3 atom stereocenters. The molecule has 11 heteroatoms. The van der Waals surface area contributed by atoms with Crippen LogP contribution in [0.4, 0.5) is 0 Å². The monoisotopic (exact) mass is 405 g/mol. The maximum Gasteiger partial charge on any atom is 0.325 e. The van der Waals surface area contributed by atoms with E-state index in [4.69, 9.17) is 16.6 Å². The molecule has 0 saturated carbocycles. The topological polar surface area (TPSA) is 177 Å². The van der Waals surface area contributed by atoms with Crippen LogP contribution in [0.3, 0.4) is 0 Å². The zero-order valence-electron chi connectivity index (χ0n) is 15.8. The first-order valence-corrected chi connectivity index (χ1v) is 10.2. The Bertz CT molecular complexity index is 506. The minimum atomic E-state index is -1.18. The predicted octanol–water partition coefficient (Wildman–Crippen LogP) is -1.61. The van der Waals surface area contributed by atoms with Crippen molar-refractivity contribution in [3.05, 3.63) is 0 Å². The molecule has 0 aromatic rings.